The zero-order chi connectivity index (χ0) is 12.3. The molecule has 0 heterocycles. The minimum atomic E-state index is -2.07. The number of halogens is 1. The molecule has 0 saturated carbocycles. The minimum absolute atomic E-state index is 0.0424. The van der Waals surface area contributed by atoms with Crippen LogP contribution in [0.2, 0.25) is 0 Å². The molecule has 1 rings (SSSR count). The number of rotatable bonds is 3. The van der Waals surface area contributed by atoms with E-state index in [1.807, 2.05) is 0 Å². The van der Waals surface area contributed by atoms with Gasteiger partial charge in [-0.2, -0.15) is 5.26 Å². The van der Waals surface area contributed by atoms with Crippen LogP contribution < -0.4 is 4.74 Å². The Morgan fingerprint density at radius 1 is 1.62 bits per heavy atom. The number of hydrogen-bond donors (Lipinski definition) is 2. The number of benzene rings is 1. The van der Waals surface area contributed by atoms with Crippen molar-refractivity contribution in [2.24, 2.45) is 0 Å². The number of carbonyl (C=O) groups is 1. The Balaban J connectivity index is 3.47. The number of aliphatic carboxylic acids is 1. The van der Waals surface area contributed by atoms with Gasteiger partial charge in [-0.15, -0.1) is 0 Å². The molecule has 16 heavy (non-hydrogen) atoms. The Kier molecular flexibility index (Phi) is 3.43. The van der Waals surface area contributed by atoms with Crippen LogP contribution in [0.25, 0.3) is 0 Å². The third kappa shape index (κ3) is 1.94. The first-order valence-corrected chi connectivity index (χ1v) is 4.20. The van der Waals surface area contributed by atoms with Gasteiger partial charge in [0.2, 0.25) is 0 Å². The predicted molar refractivity (Wildman–Crippen MR) is 50.3 cm³/mol. The van der Waals surface area contributed by atoms with E-state index in [0.717, 1.165) is 19.2 Å². The standard InChI is InChI=1S/C10H8FNO4/c1-16-9-5(4-12)2-3-6(11)7(9)8(13)10(14)15/h2-3,8,13H,1H3,(H,14,15). The van der Waals surface area contributed by atoms with Crippen LogP contribution in [0.4, 0.5) is 4.39 Å². The molecule has 0 aliphatic rings. The third-order valence-corrected chi connectivity index (χ3v) is 1.97. The highest BCUT2D eigenvalue weighted by atomic mass is 19.1. The van der Waals surface area contributed by atoms with Crippen molar-refractivity contribution in [1.82, 2.24) is 0 Å². The number of nitrogens with zero attached hydrogens (tertiary/aromatic N) is 1. The molecule has 0 aliphatic heterocycles. The highest BCUT2D eigenvalue weighted by molar-refractivity contribution is 5.76. The van der Waals surface area contributed by atoms with Crippen LogP contribution in [-0.2, 0) is 4.79 Å². The van der Waals surface area contributed by atoms with E-state index in [9.17, 15) is 14.3 Å². The van der Waals surface area contributed by atoms with E-state index in [0.29, 0.717) is 0 Å². The van der Waals surface area contributed by atoms with E-state index in [2.05, 4.69) is 0 Å². The van der Waals surface area contributed by atoms with Gasteiger partial charge in [0, 0.05) is 0 Å². The zero-order valence-corrected chi connectivity index (χ0v) is 8.27. The van der Waals surface area contributed by atoms with E-state index < -0.39 is 23.5 Å². The summed E-state index contributed by atoms with van der Waals surface area (Å²) in [4.78, 5) is 10.6. The van der Waals surface area contributed by atoms with E-state index in [-0.39, 0.29) is 11.3 Å². The molecular weight excluding hydrogens is 217 g/mol. The van der Waals surface area contributed by atoms with Crippen molar-refractivity contribution in [1.29, 1.82) is 5.26 Å². The molecule has 1 atom stereocenters. The lowest BCUT2D eigenvalue weighted by Crippen LogP contribution is -2.14. The Hall–Kier alpha value is -2.13. The molecule has 0 radical (unpaired) electrons. The van der Waals surface area contributed by atoms with Gasteiger partial charge < -0.3 is 14.9 Å². The normalized spacial score (nSPS) is 11.6. The lowest BCUT2D eigenvalue weighted by atomic mass is 10.0. The van der Waals surface area contributed by atoms with Gasteiger partial charge in [0.15, 0.2) is 6.10 Å². The maximum Gasteiger partial charge on any atom is 0.337 e. The van der Waals surface area contributed by atoms with Crippen molar-refractivity contribution in [2.45, 2.75) is 6.10 Å². The van der Waals surface area contributed by atoms with Crippen molar-refractivity contribution in [2.75, 3.05) is 7.11 Å². The van der Waals surface area contributed by atoms with Crippen LogP contribution in [0.15, 0.2) is 12.1 Å². The molecule has 5 nitrogen and oxygen atoms in total. The molecule has 6 heteroatoms. The maximum absolute atomic E-state index is 13.4. The number of methoxy groups -OCH3 is 1. The summed E-state index contributed by atoms with van der Waals surface area (Å²) in [6, 6.07) is 3.76. The number of carboxylic acid groups (broad SMARTS) is 1. The summed E-state index contributed by atoms with van der Waals surface area (Å²) >= 11 is 0. The zero-order valence-electron chi connectivity index (χ0n) is 8.27. The van der Waals surface area contributed by atoms with Gasteiger partial charge in [0.1, 0.15) is 17.6 Å². The molecule has 0 fully saturated rings. The predicted octanol–water partition coefficient (Wildman–Crippen LogP) is 0.824. The average molecular weight is 225 g/mol. The lowest BCUT2D eigenvalue weighted by Gasteiger charge is -2.13. The van der Waals surface area contributed by atoms with Crippen LogP contribution >= 0.6 is 0 Å². The second-order valence-electron chi connectivity index (χ2n) is 2.89. The largest absolute Gasteiger partial charge is 0.495 e. The fourth-order valence-corrected chi connectivity index (χ4v) is 1.26. The fourth-order valence-electron chi connectivity index (χ4n) is 1.26. The Labute approximate surface area is 90.3 Å². The van der Waals surface area contributed by atoms with Gasteiger partial charge in [-0.1, -0.05) is 0 Å². The topological polar surface area (TPSA) is 90.5 Å². The van der Waals surface area contributed by atoms with Gasteiger partial charge in [-0.3, -0.25) is 0 Å². The molecule has 1 unspecified atom stereocenters. The van der Waals surface area contributed by atoms with Crippen LogP contribution in [0.3, 0.4) is 0 Å². The molecule has 1 aromatic carbocycles. The number of hydrogen-bond acceptors (Lipinski definition) is 4. The van der Waals surface area contributed by atoms with Crippen LogP contribution in [-0.4, -0.2) is 23.3 Å². The first-order chi connectivity index (χ1) is 7.52. The molecule has 0 spiro atoms. The monoisotopic (exact) mass is 225 g/mol. The number of aliphatic hydroxyl groups is 1. The molecule has 2 N–H and O–H groups in total. The van der Waals surface area contributed by atoms with E-state index in [1.54, 1.807) is 6.07 Å². The molecule has 84 valence electrons. The van der Waals surface area contributed by atoms with Crippen LogP contribution in [0.1, 0.15) is 17.2 Å². The molecule has 0 aromatic heterocycles. The minimum Gasteiger partial charge on any atom is -0.495 e. The SMILES string of the molecule is COc1c(C#N)ccc(F)c1C(O)C(=O)O. The van der Waals surface area contributed by atoms with E-state index in [1.165, 1.54) is 0 Å². The van der Waals surface area contributed by atoms with Gasteiger partial charge >= 0.3 is 5.97 Å². The summed E-state index contributed by atoms with van der Waals surface area (Å²) < 4.78 is 18.1. The molecular formula is C10H8FNO4. The number of aliphatic hydroxyl groups excluding tert-OH is 1. The maximum atomic E-state index is 13.4. The Morgan fingerprint density at radius 3 is 2.69 bits per heavy atom. The van der Waals surface area contributed by atoms with Gasteiger partial charge in [-0.25, -0.2) is 9.18 Å². The Morgan fingerprint density at radius 2 is 2.25 bits per heavy atom. The number of ether oxygens (including phenoxy) is 1. The Bertz CT molecular complexity index is 467. The average Bonchev–Trinajstić information content (AvgIpc) is 2.27. The summed E-state index contributed by atoms with van der Waals surface area (Å²) in [5.41, 5.74) is -0.590. The van der Waals surface area contributed by atoms with Crippen molar-refractivity contribution in [3.05, 3.63) is 29.1 Å². The van der Waals surface area contributed by atoms with Crippen molar-refractivity contribution < 1.29 is 24.1 Å². The van der Waals surface area contributed by atoms with E-state index >= 15 is 0 Å². The summed E-state index contributed by atoms with van der Waals surface area (Å²) in [5, 5.41) is 26.6. The molecule has 1 aromatic rings. The fraction of sp³-hybridized carbons (Fsp3) is 0.200. The summed E-state index contributed by atoms with van der Waals surface area (Å²) in [5.74, 6) is -2.82. The second kappa shape index (κ2) is 4.59. The molecule has 0 saturated heterocycles. The first kappa shape index (κ1) is 11.9. The summed E-state index contributed by atoms with van der Waals surface area (Å²) in [7, 11) is 1.16. The van der Waals surface area contributed by atoms with Crippen LogP contribution in [0, 0.1) is 17.1 Å². The van der Waals surface area contributed by atoms with E-state index in [4.69, 9.17) is 15.1 Å². The van der Waals surface area contributed by atoms with Crippen molar-refractivity contribution in [3.63, 3.8) is 0 Å². The number of carboxylic acids is 1. The molecule has 0 bridgehead atoms. The van der Waals surface area contributed by atoms with Gasteiger partial charge in [0.05, 0.1) is 18.2 Å². The smallest absolute Gasteiger partial charge is 0.337 e. The highest BCUT2D eigenvalue weighted by Gasteiger charge is 2.26. The second-order valence-corrected chi connectivity index (χ2v) is 2.89. The number of nitriles is 1. The lowest BCUT2D eigenvalue weighted by molar-refractivity contribution is -0.147. The summed E-state index contributed by atoms with van der Waals surface area (Å²) in [6.45, 7) is 0. The van der Waals surface area contributed by atoms with Crippen molar-refractivity contribution >= 4 is 5.97 Å². The third-order valence-electron chi connectivity index (χ3n) is 1.97. The van der Waals surface area contributed by atoms with Gasteiger partial charge in [0.25, 0.3) is 0 Å². The first-order valence-electron chi connectivity index (χ1n) is 4.20. The molecule has 0 aliphatic carbocycles. The van der Waals surface area contributed by atoms with Crippen molar-refractivity contribution in [3.8, 4) is 11.8 Å². The van der Waals surface area contributed by atoms with Gasteiger partial charge in [-0.05, 0) is 12.1 Å². The molecule has 0 amide bonds. The quantitative estimate of drug-likeness (QED) is 0.794. The summed E-state index contributed by atoms with van der Waals surface area (Å²) in [6.07, 6.45) is -2.07. The highest BCUT2D eigenvalue weighted by Crippen LogP contribution is 2.31. The van der Waals surface area contributed by atoms with Crippen LogP contribution in [0.5, 0.6) is 5.75 Å².